The number of alkyl halides is 3. The first kappa shape index (κ1) is 21.3. The molecule has 10 heteroatoms. The fourth-order valence-electron chi connectivity index (χ4n) is 2.34. The van der Waals surface area contributed by atoms with Gasteiger partial charge in [-0.3, -0.25) is 4.79 Å². The van der Waals surface area contributed by atoms with Crippen molar-refractivity contribution in [3.05, 3.63) is 78.0 Å². The summed E-state index contributed by atoms with van der Waals surface area (Å²) in [6.45, 7) is 1.32. The Balaban J connectivity index is 1.71. The summed E-state index contributed by atoms with van der Waals surface area (Å²) in [5, 5.41) is 0. The number of Topliss-reactive ketones (excluding diaryl/α,β-unsaturated/α-hetero) is 1. The number of hydrogen-bond acceptors (Lipinski definition) is 6. The molecule has 156 valence electrons. The van der Waals surface area contributed by atoms with Crippen LogP contribution in [0.5, 0.6) is 17.4 Å². The molecule has 0 amide bonds. The van der Waals surface area contributed by atoms with Crippen LogP contribution in [0.2, 0.25) is 0 Å². The summed E-state index contributed by atoms with van der Waals surface area (Å²) in [4.78, 5) is 14.8. The van der Waals surface area contributed by atoms with Crippen LogP contribution < -0.4 is 8.92 Å². The van der Waals surface area contributed by atoms with E-state index in [-0.39, 0.29) is 33.6 Å². The van der Waals surface area contributed by atoms with Gasteiger partial charge < -0.3 is 8.92 Å². The molecule has 3 aromatic rings. The lowest BCUT2D eigenvalue weighted by Crippen LogP contribution is -2.10. The van der Waals surface area contributed by atoms with E-state index in [1.807, 2.05) is 0 Å². The number of aromatic nitrogens is 1. The van der Waals surface area contributed by atoms with Crippen molar-refractivity contribution in [3.8, 4) is 17.4 Å². The van der Waals surface area contributed by atoms with Gasteiger partial charge in [-0.25, -0.2) is 4.98 Å². The molecule has 0 radical (unpaired) electrons. The molecular formula is C20H14F3NO5S. The van der Waals surface area contributed by atoms with E-state index < -0.39 is 21.9 Å². The van der Waals surface area contributed by atoms with E-state index in [2.05, 4.69) is 4.98 Å². The van der Waals surface area contributed by atoms with E-state index in [4.69, 9.17) is 8.92 Å². The topological polar surface area (TPSA) is 82.6 Å². The highest BCUT2D eigenvalue weighted by atomic mass is 32.2. The molecule has 0 fully saturated rings. The molecule has 0 aliphatic carbocycles. The number of nitrogens with zero attached hydrogens (tertiary/aromatic N) is 1. The zero-order valence-corrected chi connectivity index (χ0v) is 16.2. The quantitative estimate of drug-likeness (QED) is 0.405. The number of pyridine rings is 1. The van der Waals surface area contributed by atoms with E-state index >= 15 is 0 Å². The Hall–Kier alpha value is -3.40. The molecule has 2 aromatic carbocycles. The van der Waals surface area contributed by atoms with Crippen molar-refractivity contribution in [2.24, 2.45) is 0 Å². The van der Waals surface area contributed by atoms with Gasteiger partial charge in [-0.15, -0.1) is 0 Å². The van der Waals surface area contributed by atoms with Crippen LogP contribution in [-0.2, 0) is 16.3 Å². The number of halogens is 3. The fourth-order valence-corrected chi connectivity index (χ4v) is 3.31. The summed E-state index contributed by atoms with van der Waals surface area (Å²) in [5.74, 6) is -0.155. The van der Waals surface area contributed by atoms with Crippen LogP contribution in [0.25, 0.3) is 0 Å². The van der Waals surface area contributed by atoms with E-state index in [0.29, 0.717) is 6.20 Å². The van der Waals surface area contributed by atoms with Gasteiger partial charge in [0, 0.05) is 17.8 Å². The first-order valence-electron chi connectivity index (χ1n) is 8.41. The summed E-state index contributed by atoms with van der Waals surface area (Å²) in [6, 6.07) is 12.7. The SMILES string of the molecule is CC(=O)c1cccc(S(=O)(=O)Oc2ccc(Oc3ccc(C(F)(F)F)cn3)cc2)c1. The second-order valence-electron chi connectivity index (χ2n) is 6.08. The molecule has 0 unspecified atom stereocenters. The third-order valence-electron chi connectivity index (χ3n) is 3.84. The third kappa shape index (κ3) is 5.15. The van der Waals surface area contributed by atoms with Crippen molar-refractivity contribution in [1.82, 2.24) is 4.98 Å². The summed E-state index contributed by atoms with van der Waals surface area (Å²) >= 11 is 0. The van der Waals surface area contributed by atoms with Gasteiger partial charge in [0.25, 0.3) is 0 Å². The van der Waals surface area contributed by atoms with Crippen molar-refractivity contribution in [1.29, 1.82) is 0 Å². The molecule has 1 aromatic heterocycles. The van der Waals surface area contributed by atoms with Crippen molar-refractivity contribution >= 4 is 15.9 Å². The minimum atomic E-state index is -4.50. The van der Waals surface area contributed by atoms with E-state index in [1.54, 1.807) is 0 Å². The number of ketones is 1. The molecule has 0 saturated heterocycles. The average molecular weight is 437 g/mol. The zero-order chi connectivity index (χ0) is 21.9. The molecule has 0 atom stereocenters. The lowest BCUT2D eigenvalue weighted by atomic mass is 10.2. The van der Waals surface area contributed by atoms with Crippen molar-refractivity contribution in [3.63, 3.8) is 0 Å². The predicted octanol–water partition coefficient (Wildman–Crippen LogP) is 4.86. The second-order valence-corrected chi connectivity index (χ2v) is 7.62. The highest BCUT2D eigenvalue weighted by Crippen LogP contribution is 2.30. The summed E-state index contributed by atoms with van der Waals surface area (Å²) < 4.78 is 72.8. The Morgan fingerprint density at radius 3 is 2.20 bits per heavy atom. The van der Waals surface area contributed by atoms with Crippen LogP contribution in [0.15, 0.2) is 71.8 Å². The van der Waals surface area contributed by atoms with E-state index in [9.17, 15) is 26.4 Å². The van der Waals surface area contributed by atoms with Crippen LogP contribution in [0.1, 0.15) is 22.8 Å². The number of hydrogen-bond donors (Lipinski definition) is 0. The predicted molar refractivity (Wildman–Crippen MR) is 100 cm³/mol. The molecule has 0 aliphatic heterocycles. The molecule has 0 N–H and O–H groups in total. The Labute approximate surface area is 170 Å². The number of ether oxygens (including phenoxy) is 1. The minimum Gasteiger partial charge on any atom is -0.439 e. The minimum absolute atomic E-state index is 0.0176. The monoisotopic (exact) mass is 437 g/mol. The van der Waals surface area contributed by atoms with E-state index in [0.717, 1.165) is 12.1 Å². The standard InChI is InChI=1S/C20H14F3NO5S/c1-13(25)14-3-2-4-18(11-14)30(26,27)29-17-8-6-16(7-9-17)28-19-10-5-15(12-24-19)20(21,22)23/h2-12H,1H3. The molecule has 0 saturated carbocycles. The zero-order valence-electron chi connectivity index (χ0n) is 15.4. The van der Waals surface area contributed by atoms with Crippen LogP contribution in [0, 0.1) is 0 Å². The Kier molecular flexibility index (Phi) is 5.79. The van der Waals surface area contributed by atoms with Gasteiger partial charge in [-0.2, -0.15) is 21.6 Å². The molecular weight excluding hydrogens is 423 g/mol. The number of carbonyl (C=O) groups is 1. The van der Waals surface area contributed by atoms with E-state index in [1.165, 1.54) is 55.5 Å². The summed E-state index contributed by atoms with van der Waals surface area (Å²) in [6.07, 6.45) is -3.85. The molecule has 3 rings (SSSR count). The van der Waals surface area contributed by atoms with Crippen molar-refractivity contribution < 1.29 is 35.3 Å². The van der Waals surface area contributed by atoms with Crippen molar-refractivity contribution in [2.75, 3.05) is 0 Å². The maximum absolute atomic E-state index is 12.5. The highest BCUT2D eigenvalue weighted by molar-refractivity contribution is 7.87. The normalized spacial score (nSPS) is 11.7. The molecule has 1 heterocycles. The largest absolute Gasteiger partial charge is 0.439 e. The molecule has 0 bridgehead atoms. The maximum atomic E-state index is 12.5. The number of carbonyl (C=O) groups excluding carboxylic acids is 1. The van der Waals surface area contributed by atoms with Crippen LogP contribution >= 0.6 is 0 Å². The Morgan fingerprint density at radius 2 is 1.63 bits per heavy atom. The van der Waals surface area contributed by atoms with Gasteiger partial charge in [-0.05, 0) is 49.4 Å². The first-order valence-corrected chi connectivity index (χ1v) is 9.82. The average Bonchev–Trinajstić information content (AvgIpc) is 2.69. The molecule has 0 spiro atoms. The van der Waals surface area contributed by atoms with Gasteiger partial charge in [0.2, 0.25) is 5.88 Å². The van der Waals surface area contributed by atoms with Gasteiger partial charge in [-0.1, -0.05) is 12.1 Å². The highest BCUT2D eigenvalue weighted by Gasteiger charge is 2.30. The van der Waals surface area contributed by atoms with Crippen LogP contribution in [0.4, 0.5) is 13.2 Å². The molecule has 6 nitrogen and oxygen atoms in total. The fraction of sp³-hybridized carbons (Fsp3) is 0.100. The lowest BCUT2D eigenvalue weighted by Gasteiger charge is -2.10. The summed E-state index contributed by atoms with van der Waals surface area (Å²) in [5.41, 5.74) is -0.676. The number of benzene rings is 2. The van der Waals surface area contributed by atoms with Crippen LogP contribution in [0.3, 0.4) is 0 Å². The number of rotatable bonds is 6. The van der Waals surface area contributed by atoms with Gasteiger partial charge in [0.1, 0.15) is 16.4 Å². The maximum Gasteiger partial charge on any atom is 0.417 e. The second kappa shape index (κ2) is 8.15. The van der Waals surface area contributed by atoms with Crippen molar-refractivity contribution in [2.45, 2.75) is 18.0 Å². The van der Waals surface area contributed by atoms with Crippen LogP contribution in [-0.4, -0.2) is 19.2 Å². The molecule has 30 heavy (non-hydrogen) atoms. The lowest BCUT2D eigenvalue weighted by molar-refractivity contribution is -0.137. The molecule has 0 aliphatic rings. The van der Waals surface area contributed by atoms with Gasteiger partial charge in [0.15, 0.2) is 5.78 Å². The third-order valence-corrected chi connectivity index (χ3v) is 5.09. The smallest absolute Gasteiger partial charge is 0.417 e. The van der Waals surface area contributed by atoms with Gasteiger partial charge >= 0.3 is 16.3 Å². The summed E-state index contributed by atoms with van der Waals surface area (Å²) in [7, 11) is -4.17. The Bertz CT molecular complexity index is 1160. The van der Waals surface area contributed by atoms with Gasteiger partial charge in [0.05, 0.1) is 5.56 Å². The Morgan fingerprint density at radius 1 is 0.967 bits per heavy atom. The first-order chi connectivity index (χ1) is 14.0.